The molecule has 7 heteroatoms. The van der Waals surface area contributed by atoms with E-state index >= 15 is 0 Å². The molecule has 0 aliphatic rings. The topological polar surface area (TPSA) is 37.8 Å². The van der Waals surface area contributed by atoms with Crippen molar-refractivity contribution in [3.63, 3.8) is 0 Å². The summed E-state index contributed by atoms with van der Waals surface area (Å²) in [4.78, 5) is 7.67. The second kappa shape index (κ2) is 5.44. The number of hydrogen-bond acceptors (Lipinski definition) is 3. The van der Waals surface area contributed by atoms with Gasteiger partial charge in [-0.2, -0.15) is 0 Å². The van der Waals surface area contributed by atoms with E-state index in [1.807, 2.05) is 0 Å². The number of halogens is 4. The molecule has 19 heavy (non-hydrogen) atoms. The monoisotopic (exact) mass is 287 g/mol. The van der Waals surface area contributed by atoms with E-state index in [9.17, 15) is 13.2 Å². The van der Waals surface area contributed by atoms with Crippen molar-refractivity contribution in [2.45, 2.75) is 13.3 Å². The number of hydrogen-bond donors (Lipinski definition) is 1. The van der Waals surface area contributed by atoms with Crippen molar-refractivity contribution in [1.29, 1.82) is 0 Å². The molecule has 0 bridgehead atoms. The van der Waals surface area contributed by atoms with Crippen LogP contribution in [0.25, 0.3) is 0 Å². The highest BCUT2D eigenvalue weighted by Gasteiger charge is 2.14. The third-order valence-corrected chi connectivity index (χ3v) is 2.82. The molecule has 100 valence electrons. The maximum Gasteiger partial charge on any atom is 0.182 e. The van der Waals surface area contributed by atoms with Gasteiger partial charge in [-0.15, -0.1) is 0 Å². The summed E-state index contributed by atoms with van der Waals surface area (Å²) in [6.45, 7) is 1.80. The van der Waals surface area contributed by atoms with Crippen LogP contribution in [0.2, 0.25) is 5.15 Å². The second-order valence-corrected chi connectivity index (χ2v) is 4.08. The molecular weight excluding hydrogens is 279 g/mol. The van der Waals surface area contributed by atoms with Gasteiger partial charge in [0.15, 0.2) is 11.6 Å². The highest BCUT2D eigenvalue weighted by atomic mass is 35.5. The van der Waals surface area contributed by atoms with Crippen LogP contribution in [0.15, 0.2) is 18.5 Å². The first-order valence-electron chi connectivity index (χ1n) is 5.43. The summed E-state index contributed by atoms with van der Waals surface area (Å²) in [7, 11) is 0. The molecule has 0 saturated carbocycles. The summed E-state index contributed by atoms with van der Waals surface area (Å²) in [5, 5.41) is 2.73. The van der Waals surface area contributed by atoms with Crippen molar-refractivity contribution in [2.75, 3.05) is 5.32 Å². The van der Waals surface area contributed by atoms with Crippen molar-refractivity contribution in [1.82, 2.24) is 9.97 Å². The van der Waals surface area contributed by atoms with Crippen molar-refractivity contribution in [3.8, 4) is 0 Å². The van der Waals surface area contributed by atoms with Crippen molar-refractivity contribution in [3.05, 3.63) is 46.6 Å². The summed E-state index contributed by atoms with van der Waals surface area (Å²) in [6, 6.07) is 1.31. The minimum absolute atomic E-state index is 0.206. The Bertz CT molecular complexity index is 619. The van der Waals surface area contributed by atoms with E-state index in [1.54, 1.807) is 6.92 Å². The first-order chi connectivity index (χ1) is 9.02. The van der Waals surface area contributed by atoms with Crippen LogP contribution in [-0.2, 0) is 6.42 Å². The summed E-state index contributed by atoms with van der Waals surface area (Å²) in [5.41, 5.74) is 0.190. The number of nitrogens with one attached hydrogen (secondary N) is 1. The predicted octanol–water partition coefficient (Wildman–Crippen LogP) is 3.85. The number of nitrogens with zero attached hydrogens (tertiary/aromatic N) is 2. The molecule has 1 N–H and O–H groups in total. The standard InChI is InChI=1S/C12H9ClF3N3/c1-2-7-11(13)17-5-18-12(7)19-9-4-6(14)3-8(15)10(9)16/h3-5H,2H2,1H3,(H,17,18,19). The van der Waals surface area contributed by atoms with Gasteiger partial charge in [0, 0.05) is 17.7 Å². The molecule has 3 nitrogen and oxygen atoms in total. The lowest BCUT2D eigenvalue weighted by Crippen LogP contribution is -2.03. The van der Waals surface area contributed by atoms with Crippen molar-refractivity contribution >= 4 is 23.1 Å². The lowest BCUT2D eigenvalue weighted by molar-refractivity contribution is 0.498. The summed E-state index contributed by atoms with van der Waals surface area (Å²) in [6.07, 6.45) is 1.67. The van der Waals surface area contributed by atoms with Crippen LogP contribution in [0.3, 0.4) is 0 Å². The van der Waals surface area contributed by atoms with Crippen LogP contribution >= 0.6 is 11.6 Å². The third-order valence-electron chi connectivity index (χ3n) is 2.49. The molecule has 2 rings (SSSR count). The molecule has 0 spiro atoms. The maximum absolute atomic E-state index is 13.5. The second-order valence-electron chi connectivity index (χ2n) is 3.72. The van der Waals surface area contributed by atoms with Crippen molar-refractivity contribution < 1.29 is 13.2 Å². The molecule has 0 saturated heterocycles. The van der Waals surface area contributed by atoms with Gasteiger partial charge in [-0.3, -0.25) is 0 Å². The molecule has 0 aliphatic heterocycles. The molecule has 0 radical (unpaired) electrons. The van der Waals surface area contributed by atoms with Gasteiger partial charge in [-0.25, -0.2) is 23.1 Å². The average Bonchev–Trinajstić information content (AvgIpc) is 2.35. The lowest BCUT2D eigenvalue weighted by atomic mass is 10.2. The molecule has 0 atom stereocenters. The molecule has 1 aromatic heterocycles. The Labute approximate surface area is 112 Å². The maximum atomic E-state index is 13.5. The first kappa shape index (κ1) is 13.6. The fourth-order valence-corrected chi connectivity index (χ4v) is 1.85. The molecule has 2 aromatic rings. The lowest BCUT2D eigenvalue weighted by Gasteiger charge is -2.11. The SMILES string of the molecule is CCc1c(Cl)ncnc1Nc1cc(F)cc(F)c1F. The van der Waals surface area contributed by atoms with Gasteiger partial charge in [0.2, 0.25) is 0 Å². The summed E-state index contributed by atoms with van der Waals surface area (Å²) < 4.78 is 39.7. The van der Waals surface area contributed by atoms with Crippen LogP contribution in [0.1, 0.15) is 12.5 Å². The highest BCUT2D eigenvalue weighted by Crippen LogP contribution is 2.26. The zero-order valence-corrected chi connectivity index (χ0v) is 10.6. The summed E-state index contributed by atoms with van der Waals surface area (Å²) in [5.74, 6) is -3.13. The number of anilines is 2. The molecule has 0 aliphatic carbocycles. The van der Waals surface area contributed by atoms with Crippen LogP contribution in [0.4, 0.5) is 24.7 Å². The van der Waals surface area contributed by atoms with Crippen molar-refractivity contribution in [2.24, 2.45) is 0 Å². The number of aromatic nitrogens is 2. The Morgan fingerprint density at radius 3 is 2.63 bits per heavy atom. The smallest absolute Gasteiger partial charge is 0.182 e. The van der Waals surface area contributed by atoms with E-state index in [1.165, 1.54) is 6.33 Å². The third kappa shape index (κ3) is 2.78. The van der Waals surface area contributed by atoms with Crippen LogP contribution in [-0.4, -0.2) is 9.97 Å². The van der Waals surface area contributed by atoms with Crippen LogP contribution in [0, 0.1) is 17.5 Å². The summed E-state index contributed by atoms with van der Waals surface area (Å²) >= 11 is 5.87. The Kier molecular flexibility index (Phi) is 3.90. The average molecular weight is 288 g/mol. The van der Waals surface area contributed by atoms with E-state index in [4.69, 9.17) is 11.6 Å². The van der Waals surface area contributed by atoms with E-state index in [0.29, 0.717) is 18.1 Å². The van der Waals surface area contributed by atoms with Gasteiger partial charge in [0.25, 0.3) is 0 Å². The van der Waals surface area contributed by atoms with Crippen LogP contribution < -0.4 is 5.32 Å². The highest BCUT2D eigenvalue weighted by molar-refractivity contribution is 6.30. The van der Waals surface area contributed by atoms with E-state index in [2.05, 4.69) is 15.3 Å². The Morgan fingerprint density at radius 2 is 1.95 bits per heavy atom. The van der Waals surface area contributed by atoms with Gasteiger partial charge in [0.05, 0.1) is 5.69 Å². The minimum atomic E-state index is -1.28. The van der Waals surface area contributed by atoms with E-state index < -0.39 is 17.5 Å². The zero-order chi connectivity index (χ0) is 14.0. The predicted molar refractivity (Wildman–Crippen MR) is 66.0 cm³/mol. The fourth-order valence-electron chi connectivity index (χ4n) is 1.59. The number of benzene rings is 1. The quantitative estimate of drug-likeness (QED) is 0.688. The van der Waals surface area contributed by atoms with E-state index in [-0.39, 0.29) is 16.7 Å². The zero-order valence-electron chi connectivity index (χ0n) is 9.85. The fraction of sp³-hybridized carbons (Fsp3) is 0.167. The molecule has 0 fully saturated rings. The minimum Gasteiger partial charge on any atom is -0.337 e. The van der Waals surface area contributed by atoms with Gasteiger partial charge in [-0.1, -0.05) is 18.5 Å². The molecule has 0 amide bonds. The Hall–Kier alpha value is -1.82. The molecule has 1 aromatic carbocycles. The molecule has 0 unspecified atom stereocenters. The van der Waals surface area contributed by atoms with Gasteiger partial charge in [0.1, 0.15) is 23.1 Å². The van der Waals surface area contributed by atoms with E-state index in [0.717, 1.165) is 6.07 Å². The van der Waals surface area contributed by atoms with Gasteiger partial charge < -0.3 is 5.32 Å². The molecule has 1 heterocycles. The Morgan fingerprint density at radius 1 is 1.21 bits per heavy atom. The van der Waals surface area contributed by atoms with Gasteiger partial charge >= 0.3 is 0 Å². The number of rotatable bonds is 3. The normalized spacial score (nSPS) is 10.6. The first-order valence-corrected chi connectivity index (χ1v) is 5.81. The van der Waals surface area contributed by atoms with Crippen LogP contribution in [0.5, 0.6) is 0 Å². The molecular formula is C12H9ClF3N3. The van der Waals surface area contributed by atoms with Gasteiger partial charge in [-0.05, 0) is 6.42 Å². The largest absolute Gasteiger partial charge is 0.337 e. The Balaban J connectivity index is 2.45.